The molecule has 3 heteroatoms. The van der Waals surface area contributed by atoms with E-state index >= 15 is 0 Å². The van der Waals surface area contributed by atoms with Crippen molar-refractivity contribution in [2.45, 2.75) is 33.1 Å². The van der Waals surface area contributed by atoms with Crippen LogP contribution in [0.3, 0.4) is 0 Å². The molecule has 0 amide bonds. The maximum atomic E-state index is 10.9. The highest BCUT2D eigenvalue weighted by Gasteiger charge is 2.20. The van der Waals surface area contributed by atoms with Crippen molar-refractivity contribution in [2.24, 2.45) is 0 Å². The van der Waals surface area contributed by atoms with Gasteiger partial charge in [-0.05, 0) is 23.6 Å². The molecule has 0 aliphatic heterocycles. The van der Waals surface area contributed by atoms with Crippen LogP contribution in [0.1, 0.15) is 33.3 Å². The monoisotopic (exact) mass is 226 g/mol. The number of ether oxygens (including phenoxy) is 1. The second-order valence-corrected chi connectivity index (χ2v) is 4.92. The molecule has 0 spiro atoms. The van der Waals surface area contributed by atoms with Crippen LogP contribution < -0.4 is 4.74 Å². The van der Waals surface area contributed by atoms with Gasteiger partial charge in [-0.3, -0.25) is 4.79 Å². The molecule has 0 aliphatic rings. The zero-order valence-electron chi connectivity index (χ0n) is 9.43. The third kappa shape index (κ3) is 3.24. The Morgan fingerprint density at radius 2 is 1.93 bits per heavy atom. The van der Waals surface area contributed by atoms with E-state index < -0.39 is 0 Å². The van der Waals surface area contributed by atoms with Crippen molar-refractivity contribution in [3.8, 4) is 5.75 Å². The summed E-state index contributed by atoms with van der Waals surface area (Å²) in [6.45, 7) is 7.53. The topological polar surface area (TPSA) is 26.3 Å². The Morgan fingerprint density at radius 1 is 1.33 bits per heavy atom. The molecule has 1 aromatic carbocycles. The van der Waals surface area contributed by atoms with Gasteiger partial charge in [-0.2, -0.15) is 0 Å². The molecule has 0 fully saturated rings. The molecule has 0 aromatic heterocycles. The molecule has 82 valence electrons. The van der Waals surface area contributed by atoms with Gasteiger partial charge in [0.15, 0.2) is 0 Å². The molecule has 0 unspecified atom stereocenters. The number of benzene rings is 1. The molecular weight excluding hydrogens is 212 g/mol. The Morgan fingerprint density at radius 3 is 2.40 bits per heavy atom. The SMILES string of the molecule is CC(=O)Oc1ccc(Cl)cc1C(C)(C)C. The van der Waals surface area contributed by atoms with Crippen molar-refractivity contribution < 1.29 is 9.53 Å². The first-order valence-corrected chi connectivity index (χ1v) is 5.17. The summed E-state index contributed by atoms with van der Waals surface area (Å²) < 4.78 is 5.13. The number of carbonyl (C=O) groups is 1. The average Bonchev–Trinajstić information content (AvgIpc) is 2.05. The van der Waals surface area contributed by atoms with Gasteiger partial charge in [0.1, 0.15) is 5.75 Å². The first-order chi connectivity index (χ1) is 6.80. The molecule has 1 rings (SSSR count). The van der Waals surface area contributed by atoms with Crippen molar-refractivity contribution in [1.82, 2.24) is 0 Å². The molecular formula is C12H15ClO2. The molecule has 2 nitrogen and oxygen atoms in total. The van der Waals surface area contributed by atoms with Gasteiger partial charge in [-0.15, -0.1) is 0 Å². The molecule has 0 heterocycles. The maximum Gasteiger partial charge on any atom is 0.308 e. The summed E-state index contributed by atoms with van der Waals surface area (Å²) >= 11 is 5.92. The number of rotatable bonds is 1. The highest BCUT2D eigenvalue weighted by Crippen LogP contribution is 2.33. The fraction of sp³-hybridized carbons (Fsp3) is 0.417. The van der Waals surface area contributed by atoms with Crippen LogP contribution in [0.2, 0.25) is 5.02 Å². The van der Waals surface area contributed by atoms with E-state index in [4.69, 9.17) is 16.3 Å². The Bertz CT molecular complexity index is 378. The van der Waals surface area contributed by atoms with Crippen LogP contribution in [0.4, 0.5) is 0 Å². The fourth-order valence-electron chi connectivity index (χ4n) is 1.33. The molecule has 0 saturated heterocycles. The number of carbonyl (C=O) groups excluding carboxylic acids is 1. The van der Waals surface area contributed by atoms with Gasteiger partial charge >= 0.3 is 5.97 Å². The van der Waals surface area contributed by atoms with E-state index in [0.717, 1.165) is 5.56 Å². The molecule has 0 atom stereocenters. The fourth-order valence-corrected chi connectivity index (χ4v) is 1.50. The normalized spacial score (nSPS) is 11.3. The predicted octanol–water partition coefficient (Wildman–Crippen LogP) is 3.56. The minimum atomic E-state index is -0.317. The van der Waals surface area contributed by atoms with Crippen molar-refractivity contribution in [3.63, 3.8) is 0 Å². The van der Waals surface area contributed by atoms with Gasteiger partial charge in [0.05, 0.1) is 0 Å². The van der Waals surface area contributed by atoms with Crippen LogP contribution >= 0.6 is 11.6 Å². The number of halogens is 1. The van der Waals surface area contributed by atoms with Crippen LogP contribution in [0.25, 0.3) is 0 Å². The van der Waals surface area contributed by atoms with E-state index in [1.54, 1.807) is 12.1 Å². The molecule has 0 bridgehead atoms. The van der Waals surface area contributed by atoms with Crippen molar-refractivity contribution in [2.75, 3.05) is 0 Å². The number of hydrogen-bond acceptors (Lipinski definition) is 2. The second kappa shape index (κ2) is 4.23. The first kappa shape index (κ1) is 12.1. The molecule has 0 aliphatic carbocycles. The minimum absolute atomic E-state index is 0.102. The maximum absolute atomic E-state index is 10.9. The molecule has 15 heavy (non-hydrogen) atoms. The van der Waals surface area contributed by atoms with E-state index in [1.165, 1.54) is 6.92 Å². The van der Waals surface area contributed by atoms with Crippen molar-refractivity contribution in [3.05, 3.63) is 28.8 Å². The van der Waals surface area contributed by atoms with E-state index in [1.807, 2.05) is 26.8 Å². The lowest BCUT2D eigenvalue weighted by molar-refractivity contribution is -0.131. The lowest BCUT2D eigenvalue weighted by atomic mass is 9.86. The third-order valence-electron chi connectivity index (χ3n) is 2.00. The first-order valence-electron chi connectivity index (χ1n) is 4.79. The highest BCUT2D eigenvalue weighted by molar-refractivity contribution is 6.30. The molecule has 0 saturated carbocycles. The predicted molar refractivity (Wildman–Crippen MR) is 61.5 cm³/mol. The molecule has 0 N–H and O–H groups in total. The third-order valence-corrected chi connectivity index (χ3v) is 2.24. The molecule has 0 radical (unpaired) electrons. The van der Waals surface area contributed by atoms with Crippen molar-refractivity contribution >= 4 is 17.6 Å². The van der Waals surface area contributed by atoms with E-state index in [2.05, 4.69) is 0 Å². The standard InChI is InChI=1S/C12H15ClO2/c1-8(14)15-11-6-5-9(13)7-10(11)12(2,3)4/h5-7H,1-4H3. The van der Waals surface area contributed by atoms with E-state index in [-0.39, 0.29) is 11.4 Å². The second-order valence-electron chi connectivity index (χ2n) is 4.48. The number of hydrogen-bond donors (Lipinski definition) is 0. The smallest absolute Gasteiger partial charge is 0.308 e. The summed E-state index contributed by atoms with van der Waals surface area (Å²) in [7, 11) is 0. The minimum Gasteiger partial charge on any atom is -0.426 e. The van der Waals surface area contributed by atoms with Gasteiger partial charge in [0, 0.05) is 17.5 Å². The van der Waals surface area contributed by atoms with Crippen LogP contribution in [-0.2, 0) is 10.2 Å². The average molecular weight is 227 g/mol. The van der Waals surface area contributed by atoms with Gasteiger partial charge in [0.25, 0.3) is 0 Å². The molecule has 1 aromatic rings. The van der Waals surface area contributed by atoms with Crippen LogP contribution in [0.15, 0.2) is 18.2 Å². The Balaban J connectivity index is 3.20. The summed E-state index contributed by atoms with van der Waals surface area (Å²) in [5.74, 6) is 0.266. The summed E-state index contributed by atoms with van der Waals surface area (Å²) in [5, 5.41) is 0.649. The van der Waals surface area contributed by atoms with Gasteiger partial charge < -0.3 is 4.74 Å². The number of esters is 1. The lowest BCUT2D eigenvalue weighted by Gasteiger charge is -2.22. The van der Waals surface area contributed by atoms with E-state index in [9.17, 15) is 4.79 Å². The van der Waals surface area contributed by atoms with Gasteiger partial charge in [-0.1, -0.05) is 32.4 Å². The van der Waals surface area contributed by atoms with Crippen LogP contribution in [0.5, 0.6) is 5.75 Å². The van der Waals surface area contributed by atoms with Gasteiger partial charge in [-0.25, -0.2) is 0 Å². The summed E-state index contributed by atoms with van der Waals surface area (Å²) in [4.78, 5) is 10.9. The van der Waals surface area contributed by atoms with Gasteiger partial charge in [0.2, 0.25) is 0 Å². The summed E-state index contributed by atoms with van der Waals surface area (Å²) in [5.41, 5.74) is 0.834. The summed E-state index contributed by atoms with van der Waals surface area (Å²) in [6.07, 6.45) is 0. The highest BCUT2D eigenvalue weighted by atomic mass is 35.5. The lowest BCUT2D eigenvalue weighted by Crippen LogP contribution is -2.14. The zero-order valence-corrected chi connectivity index (χ0v) is 10.2. The van der Waals surface area contributed by atoms with Crippen molar-refractivity contribution in [1.29, 1.82) is 0 Å². The van der Waals surface area contributed by atoms with E-state index in [0.29, 0.717) is 10.8 Å². The Kier molecular flexibility index (Phi) is 3.40. The van der Waals surface area contributed by atoms with Crippen LogP contribution in [0, 0.1) is 0 Å². The Labute approximate surface area is 95.2 Å². The largest absolute Gasteiger partial charge is 0.426 e. The Hall–Kier alpha value is -1.02. The summed E-state index contributed by atoms with van der Waals surface area (Å²) in [6, 6.07) is 5.28. The van der Waals surface area contributed by atoms with Crippen LogP contribution in [-0.4, -0.2) is 5.97 Å². The quantitative estimate of drug-likeness (QED) is 0.541. The zero-order chi connectivity index (χ0) is 11.6.